The van der Waals surface area contributed by atoms with Crippen molar-refractivity contribution >= 4 is 5.97 Å². The molecule has 0 radical (unpaired) electrons. The van der Waals surface area contributed by atoms with Crippen LogP contribution in [-0.2, 0) is 9.53 Å². The second-order valence-electron chi connectivity index (χ2n) is 2.14. The summed E-state index contributed by atoms with van der Waals surface area (Å²) in [7, 11) is 0. The Labute approximate surface area is 66.7 Å². The Morgan fingerprint density at radius 3 is 2.64 bits per heavy atom. The van der Waals surface area contributed by atoms with Crippen LogP contribution < -0.4 is 0 Å². The summed E-state index contributed by atoms with van der Waals surface area (Å²) in [5.74, 6) is -0.385. The molecule has 0 heterocycles. The average Bonchev–Trinajstić information content (AvgIpc) is 1.87. The number of ether oxygens (including phenoxy) is 1. The molecule has 0 saturated heterocycles. The van der Waals surface area contributed by atoms with E-state index in [1.165, 1.54) is 0 Å². The summed E-state index contributed by atoms with van der Waals surface area (Å²) in [5, 5.41) is 9.01. The number of carbonyl (C=O) groups is 1. The highest BCUT2D eigenvalue weighted by atomic mass is 16.5. The smallest absolute Gasteiger partial charge is 0.334 e. The normalized spacial score (nSPS) is 11.3. The fourth-order valence-electron chi connectivity index (χ4n) is 0.648. The first-order valence-corrected chi connectivity index (χ1v) is 3.77. The quantitative estimate of drug-likeness (QED) is 0.385. The van der Waals surface area contributed by atoms with Gasteiger partial charge in [0.05, 0.1) is 18.4 Å². The van der Waals surface area contributed by atoms with Gasteiger partial charge >= 0.3 is 5.97 Å². The monoisotopic (exact) mass is 158 g/mol. The highest BCUT2D eigenvalue weighted by Crippen LogP contribution is 1.99. The maximum atomic E-state index is 10.7. The summed E-state index contributed by atoms with van der Waals surface area (Å²) < 4.78 is 4.58. The van der Waals surface area contributed by atoms with E-state index in [1.807, 2.05) is 6.92 Å². The Morgan fingerprint density at radius 1 is 1.55 bits per heavy atom. The lowest BCUT2D eigenvalue weighted by molar-refractivity contribution is -0.137. The minimum Gasteiger partial charge on any atom is -0.512 e. The van der Waals surface area contributed by atoms with Crippen LogP contribution in [0.4, 0.5) is 0 Å². The van der Waals surface area contributed by atoms with Crippen LogP contribution in [0.3, 0.4) is 0 Å². The van der Waals surface area contributed by atoms with Gasteiger partial charge in [-0.2, -0.15) is 0 Å². The van der Waals surface area contributed by atoms with Gasteiger partial charge in [0.1, 0.15) is 0 Å². The zero-order chi connectivity index (χ0) is 8.69. The molecule has 0 aromatic rings. The van der Waals surface area contributed by atoms with Gasteiger partial charge in [0, 0.05) is 6.42 Å². The minimum atomic E-state index is -0.474. The Morgan fingerprint density at radius 2 is 2.18 bits per heavy atom. The van der Waals surface area contributed by atoms with Gasteiger partial charge in [-0.15, -0.1) is 0 Å². The molecule has 1 N–H and O–H groups in total. The highest BCUT2D eigenvalue weighted by Gasteiger charge is 1.98. The molecule has 0 bridgehead atoms. The first-order valence-electron chi connectivity index (χ1n) is 3.77. The van der Waals surface area contributed by atoms with E-state index in [2.05, 4.69) is 4.74 Å². The molecule has 0 aromatic carbocycles. The average molecular weight is 158 g/mol. The van der Waals surface area contributed by atoms with Gasteiger partial charge in [-0.3, -0.25) is 0 Å². The number of hydrogen-bond donors (Lipinski definition) is 1. The first kappa shape index (κ1) is 10.0. The molecule has 0 saturated carbocycles. The van der Waals surface area contributed by atoms with Crippen molar-refractivity contribution in [2.24, 2.45) is 0 Å². The summed E-state index contributed by atoms with van der Waals surface area (Å²) in [6.45, 7) is 3.99. The second-order valence-corrected chi connectivity index (χ2v) is 2.14. The number of esters is 1. The molecule has 64 valence electrons. The van der Waals surface area contributed by atoms with Gasteiger partial charge in [-0.25, -0.2) is 4.79 Å². The Bertz CT molecular complexity index is 149. The number of aliphatic hydroxyl groups excluding tert-OH is 1. The largest absolute Gasteiger partial charge is 0.512 e. The fourth-order valence-corrected chi connectivity index (χ4v) is 0.648. The van der Waals surface area contributed by atoms with Crippen LogP contribution in [0.2, 0.25) is 0 Å². The standard InChI is InChI=1S/C8H14O3/c1-3-5-7(9)6-8(10)11-4-2/h6,9H,3-5H2,1-2H3/b7-6-. The number of carbonyl (C=O) groups excluding carboxylic acids is 1. The highest BCUT2D eigenvalue weighted by molar-refractivity contribution is 5.82. The SMILES string of the molecule is CCC/C(O)=C/C(=O)OCC. The van der Waals surface area contributed by atoms with Crippen molar-refractivity contribution in [3.8, 4) is 0 Å². The first-order chi connectivity index (χ1) is 5.20. The van der Waals surface area contributed by atoms with Gasteiger partial charge in [-0.05, 0) is 13.3 Å². The molecule has 0 aromatic heterocycles. The maximum Gasteiger partial charge on any atom is 0.334 e. The van der Waals surface area contributed by atoms with E-state index in [9.17, 15) is 4.79 Å². The predicted molar refractivity (Wildman–Crippen MR) is 42.3 cm³/mol. The van der Waals surface area contributed by atoms with E-state index in [0.717, 1.165) is 12.5 Å². The van der Waals surface area contributed by atoms with Crippen molar-refractivity contribution in [1.29, 1.82) is 0 Å². The fraction of sp³-hybridized carbons (Fsp3) is 0.625. The molecule has 3 heteroatoms. The lowest BCUT2D eigenvalue weighted by Gasteiger charge is -1.97. The lowest BCUT2D eigenvalue weighted by Crippen LogP contribution is -2.00. The zero-order valence-electron chi connectivity index (χ0n) is 6.96. The third-order valence-corrected chi connectivity index (χ3v) is 1.08. The maximum absolute atomic E-state index is 10.7. The predicted octanol–water partition coefficient (Wildman–Crippen LogP) is 1.79. The van der Waals surface area contributed by atoms with Crippen molar-refractivity contribution < 1.29 is 14.6 Å². The van der Waals surface area contributed by atoms with E-state index in [-0.39, 0.29) is 5.76 Å². The third-order valence-electron chi connectivity index (χ3n) is 1.08. The molecule has 0 amide bonds. The van der Waals surface area contributed by atoms with Gasteiger partial charge < -0.3 is 9.84 Å². The second kappa shape index (κ2) is 5.77. The van der Waals surface area contributed by atoms with E-state index in [1.54, 1.807) is 6.92 Å². The number of allylic oxidation sites excluding steroid dienone is 1. The van der Waals surface area contributed by atoms with Crippen LogP contribution in [0, 0.1) is 0 Å². The van der Waals surface area contributed by atoms with E-state index in [4.69, 9.17) is 5.11 Å². The molecule has 0 atom stereocenters. The molecule has 0 unspecified atom stereocenters. The molecule has 0 aliphatic rings. The van der Waals surface area contributed by atoms with Gasteiger partial charge in [-0.1, -0.05) is 6.92 Å². The van der Waals surface area contributed by atoms with E-state index >= 15 is 0 Å². The van der Waals surface area contributed by atoms with Crippen molar-refractivity contribution in [3.63, 3.8) is 0 Å². The Balaban J connectivity index is 3.76. The van der Waals surface area contributed by atoms with E-state index in [0.29, 0.717) is 13.0 Å². The molecule has 0 aliphatic carbocycles. The van der Waals surface area contributed by atoms with Crippen LogP contribution >= 0.6 is 0 Å². The van der Waals surface area contributed by atoms with Gasteiger partial charge in [0.15, 0.2) is 0 Å². The van der Waals surface area contributed by atoms with Crippen LogP contribution in [0.25, 0.3) is 0 Å². The molecular formula is C8H14O3. The third kappa shape index (κ3) is 5.45. The number of hydrogen-bond acceptors (Lipinski definition) is 3. The molecule has 0 spiro atoms. The molecular weight excluding hydrogens is 144 g/mol. The summed E-state index contributed by atoms with van der Waals surface area (Å²) in [6, 6.07) is 0. The van der Waals surface area contributed by atoms with Crippen molar-refractivity contribution in [1.82, 2.24) is 0 Å². The summed E-state index contributed by atoms with van der Waals surface area (Å²) in [6.07, 6.45) is 2.47. The molecule has 11 heavy (non-hydrogen) atoms. The van der Waals surface area contributed by atoms with Crippen molar-refractivity contribution in [3.05, 3.63) is 11.8 Å². The lowest BCUT2D eigenvalue weighted by atomic mass is 10.3. The zero-order valence-corrected chi connectivity index (χ0v) is 6.96. The minimum absolute atomic E-state index is 0.0888. The van der Waals surface area contributed by atoms with Crippen LogP contribution in [0.15, 0.2) is 11.8 Å². The summed E-state index contributed by atoms with van der Waals surface area (Å²) >= 11 is 0. The van der Waals surface area contributed by atoms with E-state index < -0.39 is 5.97 Å². The Hall–Kier alpha value is -0.990. The number of aliphatic hydroxyl groups is 1. The Kier molecular flexibility index (Phi) is 5.25. The van der Waals surface area contributed by atoms with Crippen molar-refractivity contribution in [2.45, 2.75) is 26.7 Å². The van der Waals surface area contributed by atoms with Crippen LogP contribution in [-0.4, -0.2) is 17.7 Å². The van der Waals surface area contributed by atoms with Crippen LogP contribution in [0.1, 0.15) is 26.7 Å². The van der Waals surface area contributed by atoms with Gasteiger partial charge in [0.25, 0.3) is 0 Å². The molecule has 0 aliphatic heterocycles. The summed E-state index contributed by atoms with van der Waals surface area (Å²) in [5.41, 5.74) is 0. The summed E-state index contributed by atoms with van der Waals surface area (Å²) in [4.78, 5) is 10.7. The number of rotatable bonds is 4. The van der Waals surface area contributed by atoms with Crippen molar-refractivity contribution in [2.75, 3.05) is 6.61 Å². The molecule has 0 rings (SSSR count). The topological polar surface area (TPSA) is 46.5 Å². The van der Waals surface area contributed by atoms with Crippen LogP contribution in [0.5, 0.6) is 0 Å². The molecule has 3 nitrogen and oxygen atoms in total. The molecule has 0 fully saturated rings. The van der Waals surface area contributed by atoms with Gasteiger partial charge in [0.2, 0.25) is 0 Å².